The van der Waals surface area contributed by atoms with Gasteiger partial charge in [-0.15, -0.1) is 0 Å². The van der Waals surface area contributed by atoms with Gasteiger partial charge < -0.3 is 25.2 Å². The lowest BCUT2D eigenvalue weighted by Gasteiger charge is -2.24. The maximum Gasteiger partial charge on any atom is 0.166 e. The van der Waals surface area contributed by atoms with Gasteiger partial charge in [0, 0.05) is 6.42 Å². The van der Waals surface area contributed by atoms with Crippen molar-refractivity contribution in [2.75, 3.05) is 6.61 Å². The number of aliphatic hydroxyl groups is 4. The summed E-state index contributed by atoms with van der Waals surface area (Å²) in [5.74, 6) is 0. The van der Waals surface area contributed by atoms with E-state index in [-0.39, 0.29) is 11.6 Å². The lowest BCUT2D eigenvalue weighted by Crippen LogP contribution is -2.44. The number of nitrogens with zero attached hydrogens (tertiary/aromatic N) is 4. The van der Waals surface area contributed by atoms with Crippen LogP contribution in [-0.4, -0.2) is 71.0 Å². The molecule has 120 valence electrons. The molecule has 1 aliphatic heterocycles. The van der Waals surface area contributed by atoms with Gasteiger partial charge in [-0.05, 0) is 0 Å². The molecule has 3 heterocycles. The molecule has 4 N–H and O–H groups in total. The van der Waals surface area contributed by atoms with Gasteiger partial charge in [-0.1, -0.05) is 11.6 Å². The summed E-state index contributed by atoms with van der Waals surface area (Å²) in [6, 6.07) is 0. The molecule has 1 saturated heterocycles. The molecule has 1 fully saturated rings. The number of aliphatic hydroxyl groups excluding tert-OH is 4. The van der Waals surface area contributed by atoms with Crippen LogP contribution >= 0.6 is 11.6 Å². The first-order valence-corrected chi connectivity index (χ1v) is 7.04. The van der Waals surface area contributed by atoms with E-state index in [0.717, 1.165) is 0 Å². The van der Waals surface area contributed by atoms with Gasteiger partial charge in [-0.2, -0.15) is 0 Å². The predicted octanol–water partition coefficient (Wildman–Crippen LogP) is -1.16. The fraction of sp³-hybridized carbons (Fsp3) is 0.583. The summed E-state index contributed by atoms with van der Waals surface area (Å²) >= 11 is 5.94. The Morgan fingerprint density at radius 3 is 2.73 bits per heavy atom. The lowest BCUT2D eigenvalue weighted by molar-refractivity contribution is -0.130. The summed E-state index contributed by atoms with van der Waals surface area (Å²) in [7, 11) is 0. The van der Waals surface area contributed by atoms with Crippen LogP contribution in [0.15, 0.2) is 12.7 Å². The molecule has 22 heavy (non-hydrogen) atoms. The maximum atomic E-state index is 9.97. The summed E-state index contributed by atoms with van der Waals surface area (Å²) in [6.45, 7) is -0.510. The number of rotatable bonds is 2. The number of hydrogen-bond donors (Lipinski definition) is 4. The first kappa shape index (κ1) is 15.5. The first-order chi connectivity index (χ1) is 10.5. The average molecular weight is 331 g/mol. The zero-order valence-corrected chi connectivity index (χ0v) is 12.1. The van der Waals surface area contributed by atoms with E-state index in [1.807, 2.05) is 0 Å². The van der Waals surface area contributed by atoms with Crippen molar-refractivity contribution >= 4 is 22.8 Å². The van der Waals surface area contributed by atoms with Gasteiger partial charge in [0.15, 0.2) is 10.8 Å². The Hall–Kier alpha value is -1.36. The molecule has 2 aromatic rings. The van der Waals surface area contributed by atoms with E-state index in [1.54, 1.807) is 0 Å². The Morgan fingerprint density at radius 2 is 2.00 bits per heavy atom. The van der Waals surface area contributed by atoms with Crippen LogP contribution in [0.25, 0.3) is 11.2 Å². The maximum absolute atomic E-state index is 9.97. The zero-order chi connectivity index (χ0) is 15.9. The zero-order valence-electron chi connectivity index (χ0n) is 11.3. The molecule has 0 aliphatic carbocycles. The summed E-state index contributed by atoms with van der Waals surface area (Å²) in [5.41, 5.74) is 0.757. The fourth-order valence-electron chi connectivity index (χ4n) is 2.50. The second-order valence-corrected chi connectivity index (χ2v) is 5.44. The molecule has 0 saturated carbocycles. The van der Waals surface area contributed by atoms with Crippen LogP contribution in [0.3, 0.4) is 0 Å². The Balaban J connectivity index is 2.00. The normalized spacial score (nSPS) is 33.0. The Kier molecular flexibility index (Phi) is 4.26. The highest BCUT2D eigenvalue weighted by molar-refractivity contribution is 6.33. The molecule has 10 heteroatoms. The Bertz CT molecular complexity index is 668. The lowest BCUT2D eigenvalue weighted by atomic mass is 10.0. The van der Waals surface area contributed by atoms with Crippen LogP contribution in [0, 0.1) is 0 Å². The SMILES string of the molecule is OC[C@H]1O[C@@H](n2cnc3c(Cl)ncnc32)CC(O)[C@H](O)[C@@H]1O. The number of fused-ring (bicyclic) bond motifs is 1. The average Bonchev–Trinajstić information content (AvgIpc) is 2.91. The second-order valence-electron chi connectivity index (χ2n) is 5.08. The Labute approximate surface area is 129 Å². The molecule has 0 spiro atoms. The van der Waals surface area contributed by atoms with E-state index >= 15 is 0 Å². The van der Waals surface area contributed by atoms with Crippen molar-refractivity contribution in [2.45, 2.75) is 37.1 Å². The third kappa shape index (κ3) is 2.56. The molecule has 1 aliphatic rings. The molecule has 9 nitrogen and oxygen atoms in total. The number of halogens is 1. The van der Waals surface area contributed by atoms with E-state index in [4.69, 9.17) is 16.3 Å². The quantitative estimate of drug-likeness (QED) is 0.507. The highest BCUT2D eigenvalue weighted by Gasteiger charge is 2.39. The van der Waals surface area contributed by atoms with Crippen molar-refractivity contribution in [2.24, 2.45) is 0 Å². The molecule has 3 rings (SSSR count). The topological polar surface area (TPSA) is 134 Å². The minimum Gasteiger partial charge on any atom is -0.394 e. The van der Waals surface area contributed by atoms with E-state index in [9.17, 15) is 20.4 Å². The van der Waals surface area contributed by atoms with E-state index in [1.165, 1.54) is 17.2 Å². The van der Waals surface area contributed by atoms with Gasteiger partial charge >= 0.3 is 0 Å². The van der Waals surface area contributed by atoms with Crippen LogP contribution in [0.1, 0.15) is 12.6 Å². The minimum atomic E-state index is -1.42. The summed E-state index contributed by atoms with van der Waals surface area (Å²) in [4.78, 5) is 12.0. The number of aromatic nitrogens is 4. The van der Waals surface area contributed by atoms with Crippen molar-refractivity contribution in [1.29, 1.82) is 0 Å². The van der Waals surface area contributed by atoms with Gasteiger partial charge in [0.1, 0.15) is 36.4 Å². The molecule has 1 unspecified atom stereocenters. The van der Waals surface area contributed by atoms with Crippen molar-refractivity contribution < 1.29 is 25.2 Å². The number of imidazole rings is 1. The fourth-order valence-corrected chi connectivity index (χ4v) is 2.67. The van der Waals surface area contributed by atoms with Crippen LogP contribution < -0.4 is 0 Å². The number of hydrogen-bond acceptors (Lipinski definition) is 8. The van der Waals surface area contributed by atoms with Crippen molar-refractivity contribution in [3.63, 3.8) is 0 Å². The summed E-state index contributed by atoms with van der Waals surface area (Å²) in [6.07, 6.45) is -3.21. The van der Waals surface area contributed by atoms with Crippen LogP contribution in [0.5, 0.6) is 0 Å². The van der Waals surface area contributed by atoms with Gasteiger partial charge in [0.2, 0.25) is 0 Å². The van der Waals surface area contributed by atoms with Gasteiger partial charge in [0.05, 0.1) is 19.0 Å². The monoisotopic (exact) mass is 330 g/mol. The Morgan fingerprint density at radius 1 is 1.23 bits per heavy atom. The largest absolute Gasteiger partial charge is 0.394 e. The molecular formula is C12H15ClN4O5. The summed E-state index contributed by atoms with van der Waals surface area (Å²) in [5, 5.41) is 39.2. The van der Waals surface area contributed by atoms with Gasteiger partial charge in [-0.3, -0.25) is 4.57 Å². The molecular weight excluding hydrogens is 316 g/mol. The first-order valence-electron chi connectivity index (χ1n) is 6.66. The number of ether oxygens (including phenoxy) is 1. The standard InChI is InChI=1S/C12H15ClN4O5/c13-11-8-12(15-3-14-11)17(4-16-8)7-1-5(19)9(20)10(21)6(2-18)22-7/h3-7,9-10,18-21H,1-2H2/t5?,6-,7-,9+,10-/m1/s1. The highest BCUT2D eigenvalue weighted by atomic mass is 35.5. The van der Waals surface area contributed by atoms with E-state index in [0.29, 0.717) is 11.2 Å². The van der Waals surface area contributed by atoms with Crippen LogP contribution in [0.2, 0.25) is 5.15 Å². The third-order valence-corrected chi connectivity index (χ3v) is 3.98. The van der Waals surface area contributed by atoms with Crippen molar-refractivity contribution in [3.05, 3.63) is 17.8 Å². The molecule has 0 bridgehead atoms. The molecule has 0 amide bonds. The van der Waals surface area contributed by atoms with Crippen molar-refractivity contribution in [3.8, 4) is 0 Å². The predicted molar refractivity (Wildman–Crippen MR) is 74.0 cm³/mol. The van der Waals surface area contributed by atoms with E-state index in [2.05, 4.69) is 15.0 Å². The van der Waals surface area contributed by atoms with Gasteiger partial charge in [0.25, 0.3) is 0 Å². The smallest absolute Gasteiger partial charge is 0.166 e. The molecule has 2 aromatic heterocycles. The third-order valence-electron chi connectivity index (χ3n) is 3.70. The van der Waals surface area contributed by atoms with Crippen molar-refractivity contribution in [1.82, 2.24) is 19.5 Å². The minimum absolute atomic E-state index is 0.0121. The van der Waals surface area contributed by atoms with Gasteiger partial charge in [-0.25, -0.2) is 15.0 Å². The molecule has 0 radical (unpaired) electrons. The highest BCUT2D eigenvalue weighted by Crippen LogP contribution is 2.29. The summed E-state index contributed by atoms with van der Waals surface area (Å²) < 4.78 is 7.12. The molecule has 0 aromatic carbocycles. The molecule has 5 atom stereocenters. The second kappa shape index (κ2) is 6.03. The van der Waals surface area contributed by atoms with E-state index < -0.39 is 37.3 Å². The van der Waals surface area contributed by atoms with Crippen LogP contribution in [0.4, 0.5) is 0 Å². The van der Waals surface area contributed by atoms with Crippen LogP contribution in [-0.2, 0) is 4.74 Å².